The highest BCUT2D eigenvalue weighted by atomic mass is 16.5. The van der Waals surface area contributed by atoms with Crippen LogP contribution in [-0.2, 0) is 16.0 Å². The predicted octanol–water partition coefficient (Wildman–Crippen LogP) is 2.10. The number of hydrogen-bond acceptors (Lipinski definition) is 4. The molecule has 2 aliphatic rings. The van der Waals surface area contributed by atoms with Crippen LogP contribution in [0.5, 0.6) is 0 Å². The van der Waals surface area contributed by atoms with Gasteiger partial charge in [-0.15, -0.1) is 0 Å². The Hall–Kier alpha value is -1.79. The van der Waals surface area contributed by atoms with E-state index in [9.17, 15) is 0 Å². The molecule has 0 atom stereocenters. The number of guanidine groups is 1. The van der Waals surface area contributed by atoms with Crippen LogP contribution >= 0.6 is 0 Å². The summed E-state index contributed by atoms with van der Waals surface area (Å²) in [6.45, 7) is 9.25. The van der Waals surface area contributed by atoms with Crippen molar-refractivity contribution in [1.29, 1.82) is 0 Å². The van der Waals surface area contributed by atoms with E-state index in [1.54, 1.807) is 0 Å². The second kappa shape index (κ2) is 9.78. The standard InChI is InChI=1S/C20H32N4O2/c1-3-26-19-8-10-24(11-9-19)20(21-2)22-16-17-4-6-18(7-5-17)23-12-14-25-15-13-23/h4-7,19H,3,8-16H2,1-2H3,(H,21,22). The van der Waals surface area contributed by atoms with Crippen LogP contribution in [0, 0.1) is 0 Å². The minimum Gasteiger partial charge on any atom is -0.378 e. The lowest BCUT2D eigenvalue weighted by Crippen LogP contribution is -2.46. The van der Waals surface area contributed by atoms with Gasteiger partial charge >= 0.3 is 0 Å². The fraction of sp³-hybridized carbons (Fsp3) is 0.650. The summed E-state index contributed by atoms with van der Waals surface area (Å²) in [6.07, 6.45) is 2.55. The number of ether oxygens (including phenoxy) is 2. The molecule has 0 unspecified atom stereocenters. The molecule has 3 rings (SSSR count). The summed E-state index contributed by atoms with van der Waals surface area (Å²) in [5, 5.41) is 3.50. The molecule has 144 valence electrons. The molecule has 0 saturated carbocycles. The average molecular weight is 361 g/mol. The monoisotopic (exact) mass is 360 g/mol. The zero-order chi connectivity index (χ0) is 18.2. The van der Waals surface area contributed by atoms with Crippen LogP contribution in [0.25, 0.3) is 0 Å². The van der Waals surface area contributed by atoms with Gasteiger partial charge in [-0.25, -0.2) is 0 Å². The smallest absolute Gasteiger partial charge is 0.193 e. The van der Waals surface area contributed by atoms with Crippen molar-refractivity contribution in [2.24, 2.45) is 4.99 Å². The Morgan fingerprint density at radius 2 is 1.85 bits per heavy atom. The summed E-state index contributed by atoms with van der Waals surface area (Å²) in [5.41, 5.74) is 2.55. The number of rotatable bonds is 5. The molecule has 0 bridgehead atoms. The molecule has 0 radical (unpaired) electrons. The third-order valence-electron chi connectivity index (χ3n) is 5.12. The number of nitrogens with zero attached hydrogens (tertiary/aromatic N) is 3. The quantitative estimate of drug-likeness (QED) is 0.644. The van der Waals surface area contributed by atoms with Gasteiger partial charge in [0.1, 0.15) is 0 Å². The Labute approximate surface area is 157 Å². The summed E-state index contributed by atoms with van der Waals surface area (Å²) < 4.78 is 11.2. The first-order chi connectivity index (χ1) is 12.8. The molecule has 2 heterocycles. The maximum atomic E-state index is 5.74. The van der Waals surface area contributed by atoms with Crippen LogP contribution in [-0.4, -0.2) is 70.0 Å². The van der Waals surface area contributed by atoms with E-state index in [4.69, 9.17) is 9.47 Å². The summed E-state index contributed by atoms with van der Waals surface area (Å²) in [4.78, 5) is 9.17. The van der Waals surface area contributed by atoms with Crippen LogP contribution in [0.15, 0.2) is 29.3 Å². The van der Waals surface area contributed by atoms with E-state index in [0.29, 0.717) is 6.10 Å². The molecule has 0 spiro atoms. The van der Waals surface area contributed by atoms with E-state index in [1.807, 2.05) is 7.05 Å². The number of piperidine rings is 1. The van der Waals surface area contributed by atoms with Crippen molar-refractivity contribution in [2.45, 2.75) is 32.4 Å². The highest BCUT2D eigenvalue weighted by molar-refractivity contribution is 5.80. The molecule has 0 aliphatic carbocycles. The molecular formula is C20H32N4O2. The SMILES string of the molecule is CCOC1CCN(C(=NC)NCc2ccc(N3CCOCC3)cc2)CC1. The van der Waals surface area contributed by atoms with Gasteiger partial charge in [0.15, 0.2) is 5.96 Å². The molecule has 2 fully saturated rings. The Morgan fingerprint density at radius 3 is 2.46 bits per heavy atom. The lowest BCUT2D eigenvalue weighted by atomic mass is 10.1. The van der Waals surface area contributed by atoms with E-state index in [2.05, 4.69) is 51.3 Å². The molecule has 0 amide bonds. The Bertz CT molecular complexity index is 562. The molecule has 2 saturated heterocycles. The van der Waals surface area contributed by atoms with Gasteiger partial charge in [-0.3, -0.25) is 4.99 Å². The number of benzene rings is 1. The van der Waals surface area contributed by atoms with Crippen molar-refractivity contribution in [2.75, 3.05) is 57.9 Å². The topological polar surface area (TPSA) is 49.3 Å². The molecule has 2 aliphatic heterocycles. The van der Waals surface area contributed by atoms with E-state index >= 15 is 0 Å². The van der Waals surface area contributed by atoms with Gasteiger partial charge in [-0.1, -0.05) is 12.1 Å². The van der Waals surface area contributed by atoms with Crippen molar-refractivity contribution in [3.63, 3.8) is 0 Å². The Morgan fingerprint density at radius 1 is 1.15 bits per heavy atom. The number of anilines is 1. The molecule has 1 N–H and O–H groups in total. The van der Waals surface area contributed by atoms with Crippen molar-refractivity contribution < 1.29 is 9.47 Å². The molecule has 6 nitrogen and oxygen atoms in total. The number of hydrogen-bond donors (Lipinski definition) is 1. The van der Waals surface area contributed by atoms with Gasteiger partial charge in [0.2, 0.25) is 0 Å². The van der Waals surface area contributed by atoms with Crippen molar-refractivity contribution >= 4 is 11.6 Å². The first kappa shape index (κ1) is 19.0. The van der Waals surface area contributed by atoms with E-state index < -0.39 is 0 Å². The largest absolute Gasteiger partial charge is 0.378 e. The number of likely N-dealkylation sites (tertiary alicyclic amines) is 1. The Kier molecular flexibility index (Phi) is 7.14. The first-order valence-electron chi connectivity index (χ1n) is 9.79. The van der Waals surface area contributed by atoms with Gasteiger partial charge < -0.3 is 24.6 Å². The Balaban J connectivity index is 1.48. The van der Waals surface area contributed by atoms with Crippen LogP contribution in [0.1, 0.15) is 25.3 Å². The fourth-order valence-electron chi connectivity index (χ4n) is 3.63. The lowest BCUT2D eigenvalue weighted by Gasteiger charge is -2.34. The van der Waals surface area contributed by atoms with E-state index in [1.165, 1.54) is 11.3 Å². The van der Waals surface area contributed by atoms with Crippen LogP contribution < -0.4 is 10.2 Å². The second-order valence-corrected chi connectivity index (χ2v) is 6.81. The van der Waals surface area contributed by atoms with E-state index in [0.717, 1.165) is 71.3 Å². The maximum absolute atomic E-state index is 5.74. The summed E-state index contributed by atoms with van der Waals surface area (Å²) >= 11 is 0. The zero-order valence-corrected chi connectivity index (χ0v) is 16.1. The second-order valence-electron chi connectivity index (χ2n) is 6.81. The lowest BCUT2D eigenvalue weighted by molar-refractivity contribution is 0.0263. The van der Waals surface area contributed by atoms with Gasteiger partial charge in [-0.05, 0) is 37.5 Å². The van der Waals surface area contributed by atoms with Gasteiger partial charge in [-0.2, -0.15) is 0 Å². The number of morpholine rings is 1. The van der Waals surface area contributed by atoms with Crippen molar-refractivity contribution in [1.82, 2.24) is 10.2 Å². The maximum Gasteiger partial charge on any atom is 0.193 e. The third-order valence-corrected chi connectivity index (χ3v) is 5.12. The molecular weight excluding hydrogens is 328 g/mol. The van der Waals surface area contributed by atoms with Gasteiger partial charge in [0.25, 0.3) is 0 Å². The minimum absolute atomic E-state index is 0.405. The van der Waals surface area contributed by atoms with Crippen LogP contribution in [0.4, 0.5) is 5.69 Å². The van der Waals surface area contributed by atoms with Gasteiger partial charge in [0, 0.05) is 52.1 Å². The zero-order valence-electron chi connectivity index (χ0n) is 16.1. The predicted molar refractivity (Wildman–Crippen MR) is 106 cm³/mol. The average Bonchev–Trinajstić information content (AvgIpc) is 2.71. The molecule has 6 heteroatoms. The van der Waals surface area contributed by atoms with Gasteiger partial charge in [0.05, 0.1) is 19.3 Å². The summed E-state index contributed by atoms with van der Waals surface area (Å²) in [5.74, 6) is 0.984. The molecule has 1 aromatic carbocycles. The minimum atomic E-state index is 0.405. The van der Waals surface area contributed by atoms with Crippen molar-refractivity contribution in [3.05, 3.63) is 29.8 Å². The number of aliphatic imine (C=N–C) groups is 1. The molecule has 1 aromatic rings. The highest BCUT2D eigenvalue weighted by Crippen LogP contribution is 2.17. The van der Waals surface area contributed by atoms with Crippen LogP contribution in [0.2, 0.25) is 0 Å². The van der Waals surface area contributed by atoms with E-state index in [-0.39, 0.29) is 0 Å². The van der Waals surface area contributed by atoms with Crippen LogP contribution in [0.3, 0.4) is 0 Å². The summed E-state index contributed by atoms with van der Waals surface area (Å²) in [7, 11) is 1.86. The highest BCUT2D eigenvalue weighted by Gasteiger charge is 2.21. The number of nitrogens with one attached hydrogen (secondary N) is 1. The molecule has 0 aromatic heterocycles. The fourth-order valence-corrected chi connectivity index (χ4v) is 3.63. The third kappa shape index (κ3) is 5.11. The summed E-state index contributed by atoms with van der Waals surface area (Å²) in [6, 6.07) is 8.82. The normalized spacial score (nSPS) is 19.7. The molecule has 26 heavy (non-hydrogen) atoms. The first-order valence-corrected chi connectivity index (χ1v) is 9.79. The van der Waals surface area contributed by atoms with Crippen molar-refractivity contribution in [3.8, 4) is 0 Å².